The molecule has 26 heavy (non-hydrogen) atoms. The first-order valence-corrected chi connectivity index (χ1v) is 8.94. The highest BCUT2D eigenvalue weighted by atomic mass is 16.2. The number of nitrogens with one attached hydrogen (secondary N) is 1. The van der Waals surface area contributed by atoms with Gasteiger partial charge in [-0.15, -0.1) is 0 Å². The molecule has 0 radical (unpaired) electrons. The van der Waals surface area contributed by atoms with Crippen LogP contribution in [0.3, 0.4) is 0 Å². The zero-order chi connectivity index (χ0) is 18.8. The number of imide groups is 2. The number of carbonyl (C=O) groups excluding carboxylic acids is 4. The second-order valence-corrected chi connectivity index (χ2v) is 7.09. The summed E-state index contributed by atoms with van der Waals surface area (Å²) >= 11 is 0. The third kappa shape index (κ3) is 3.47. The standard InChI is InChI=1S/C19H23N3O4/c1-12-7-9-14(10-8-12)20-16(23)11-21-17(24)18(25)22(19(21)26)15-6-4-3-5-13(15)2/h7-10,13,15H,3-6,11H2,1-2H3,(H,20,23)/t13-,15+/m1/s1. The molecule has 1 heterocycles. The molecule has 0 aromatic heterocycles. The Labute approximate surface area is 152 Å². The van der Waals surface area contributed by atoms with Crippen LogP contribution >= 0.6 is 0 Å². The number of benzene rings is 1. The van der Waals surface area contributed by atoms with E-state index in [0.29, 0.717) is 12.1 Å². The summed E-state index contributed by atoms with van der Waals surface area (Å²) in [5.41, 5.74) is 1.62. The normalized spacial score (nSPS) is 23.5. The highest BCUT2D eigenvalue weighted by molar-refractivity contribution is 6.45. The first-order chi connectivity index (χ1) is 12.4. The van der Waals surface area contributed by atoms with Gasteiger partial charge in [-0.25, -0.2) is 9.69 Å². The van der Waals surface area contributed by atoms with E-state index < -0.39 is 30.3 Å². The Morgan fingerprint density at radius 2 is 1.73 bits per heavy atom. The fourth-order valence-corrected chi connectivity index (χ4v) is 3.62. The number of rotatable bonds is 4. The highest BCUT2D eigenvalue weighted by Gasteiger charge is 2.49. The molecule has 1 aliphatic carbocycles. The van der Waals surface area contributed by atoms with Crippen molar-refractivity contribution in [1.82, 2.24) is 9.80 Å². The summed E-state index contributed by atoms with van der Waals surface area (Å²) in [5.74, 6) is -2.10. The molecular weight excluding hydrogens is 334 g/mol. The van der Waals surface area contributed by atoms with Gasteiger partial charge in [0.2, 0.25) is 5.91 Å². The van der Waals surface area contributed by atoms with Gasteiger partial charge < -0.3 is 5.32 Å². The lowest BCUT2D eigenvalue weighted by atomic mass is 9.85. The van der Waals surface area contributed by atoms with Crippen LogP contribution in [0.5, 0.6) is 0 Å². The number of hydrogen-bond donors (Lipinski definition) is 1. The van der Waals surface area contributed by atoms with Gasteiger partial charge in [0, 0.05) is 11.7 Å². The molecule has 1 aromatic rings. The Morgan fingerprint density at radius 3 is 2.38 bits per heavy atom. The molecule has 0 spiro atoms. The summed E-state index contributed by atoms with van der Waals surface area (Å²) in [6.07, 6.45) is 3.61. The number of aryl methyl sites for hydroxylation is 1. The van der Waals surface area contributed by atoms with Gasteiger partial charge in [-0.1, -0.05) is 37.5 Å². The maximum Gasteiger partial charge on any atom is 0.334 e. The van der Waals surface area contributed by atoms with E-state index in [0.717, 1.165) is 34.6 Å². The Hall–Kier alpha value is -2.70. The molecule has 7 heteroatoms. The molecule has 1 saturated heterocycles. The summed E-state index contributed by atoms with van der Waals surface area (Å²) in [7, 11) is 0. The maximum absolute atomic E-state index is 12.6. The van der Waals surface area contributed by atoms with E-state index in [4.69, 9.17) is 0 Å². The lowest BCUT2D eigenvalue weighted by Gasteiger charge is -2.34. The van der Waals surface area contributed by atoms with Gasteiger partial charge in [0.15, 0.2) is 0 Å². The van der Waals surface area contributed by atoms with Crippen LogP contribution in [0.2, 0.25) is 0 Å². The number of nitrogens with zero attached hydrogens (tertiary/aromatic N) is 2. The van der Waals surface area contributed by atoms with Gasteiger partial charge in [0.25, 0.3) is 0 Å². The van der Waals surface area contributed by atoms with Gasteiger partial charge in [-0.05, 0) is 37.8 Å². The molecule has 3 rings (SSSR count). The van der Waals surface area contributed by atoms with Gasteiger partial charge in [-0.3, -0.25) is 19.3 Å². The molecule has 138 valence electrons. The number of amides is 5. The SMILES string of the molecule is Cc1ccc(NC(=O)CN2C(=O)C(=O)N([C@H]3CCCC[C@H]3C)C2=O)cc1. The molecule has 2 aliphatic rings. The maximum atomic E-state index is 12.6. The van der Waals surface area contributed by atoms with Crippen LogP contribution in [0.15, 0.2) is 24.3 Å². The smallest absolute Gasteiger partial charge is 0.325 e. The fourth-order valence-electron chi connectivity index (χ4n) is 3.62. The molecule has 1 aliphatic heterocycles. The predicted octanol–water partition coefficient (Wildman–Crippen LogP) is 2.30. The van der Waals surface area contributed by atoms with Crippen molar-refractivity contribution in [3.8, 4) is 0 Å². The number of anilines is 1. The van der Waals surface area contributed by atoms with Crippen molar-refractivity contribution >= 4 is 29.4 Å². The van der Waals surface area contributed by atoms with E-state index in [1.807, 2.05) is 26.0 Å². The minimum absolute atomic E-state index is 0.158. The van der Waals surface area contributed by atoms with E-state index in [9.17, 15) is 19.2 Å². The Morgan fingerprint density at radius 1 is 1.08 bits per heavy atom. The summed E-state index contributed by atoms with van der Waals surface area (Å²) in [4.78, 5) is 51.2. The highest BCUT2D eigenvalue weighted by Crippen LogP contribution is 2.31. The summed E-state index contributed by atoms with van der Waals surface area (Å²) in [6, 6.07) is 6.22. The summed E-state index contributed by atoms with van der Waals surface area (Å²) in [5, 5.41) is 2.64. The second-order valence-electron chi connectivity index (χ2n) is 7.09. The van der Waals surface area contributed by atoms with Gasteiger partial charge in [0.1, 0.15) is 6.54 Å². The Balaban J connectivity index is 1.68. The van der Waals surface area contributed by atoms with Crippen molar-refractivity contribution < 1.29 is 19.2 Å². The van der Waals surface area contributed by atoms with Crippen LogP contribution in [0.25, 0.3) is 0 Å². The van der Waals surface area contributed by atoms with Crippen molar-refractivity contribution in [2.24, 2.45) is 5.92 Å². The van der Waals surface area contributed by atoms with E-state index in [-0.39, 0.29) is 12.0 Å². The molecule has 7 nitrogen and oxygen atoms in total. The molecule has 5 amide bonds. The molecule has 1 aromatic carbocycles. The monoisotopic (exact) mass is 357 g/mol. The van der Waals surface area contributed by atoms with Crippen LogP contribution in [0.4, 0.5) is 10.5 Å². The molecule has 0 bridgehead atoms. The number of carbonyl (C=O) groups is 4. The lowest BCUT2D eigenvalue weighted by Crippen LogP contribution is -2.46. The van der Waals surface area contributed by atoms with Crippen LogP contribution in [-0.2, 0) is 14.4 Å². The fraction of sp³-hybridized carbons (Fsp3) is 0.474. The van der Waals surface area contributed by atoms with Crippen molar-refractivity contribution in [3.05, 3.63) is 29.8 Å². The first kappa shape index (κ1) is 18.1. The van der Waals surface area contributed by atoms with E-state index >= 15 is 0 Å². The van der Waals surface area contributed by atoms with E-state index in [1.165, 1.54) is 0 Å². The van der Waals surface area contributed by atoms with Crippen LogP contribution in [-0.4, -0.2) is 46.1 Å². The minimum atomic E-state index is -0.924. The zero-order valence-electron chi connectivity index (χ0n) is 15.0. The number of urea groups is 1. The van der Waals surface area contributed by atoms with Crippen molar-refractivity contribution in [3.63, 3.8) is 0 Å². The summed E-state index contributed by atoms with van der Waals surface area (Å²) < 4.78 is 0. The first-order valence-electron chi connectivity index (χ1n) is 8.94. The van der Waals surface area contributed by atoms with Crippen molar-refractivity contribution in [1.29, 1.82) is 0 Å². The largest absolute Gasteiger partial charge is 0.334 e. The van der Waals surface area contributed by atoms with Crippen LogP contribution in [0, 0.1) is 12.8 Å². The molecule has 2 fully saturated rings. The van der Waals surface area contributed by atoms with E-state index in [1.54, 1.807) is 12.1 Å². The topological polar surface area (TPSA) is 86.8 Å². The average molecular weight is 357 g/mol. The second kappa shape index (κ2) is 7.27. The van der Waals surface area contributed by atoms with Crippen molar-refractivity contribution in [2.75, 3.05) is 11.9 Å². The van der Waals surface area contributed by atoms with Gasteiger partial charge >= 0.3 is 17.8 Å². The molecule has 1 saturated carbocycles. The summed E-state index contributed by atoms with van der Waals surface area (Å²) in [6.45, 7) is 3.45. The minimum Gasteiger partial charge on any atom is -0.325 e. The molecule has 0 unspecified atom stereocenters. The van der Waals surface area contributed by atoms with Gasteiger partial charge in [-0.2, -0.15) is 0 Å². The average Bonchev–Trinajstić information content (AvgIpc) is 2.81. The third-order valence-corrected chi connectivity index (χ3v) is 5.12. The zero-order valence-corrected chi connectivity index (χ0v) is 15.0. The van der Waals surface area contributed by atoms with Crippen LogP contribution < -0.4 is 5.32 Å². The Bertz CT molecular complexity index is 744. The van der Waals surface area contributed by atoms with Crippen LogP contribution in [0.1, 0.15) is 38.2 Å². The van der Waals surface area contributed by atoms with E-state index in [2.05, 4.69) is 5.32 Å². The van der Waals surface area contributed by atoms with Gasteiger partial charge in [0.05, 0.1) is 0 Å². The lowest BCUT2D eigenvalue weighted by molar-refractivity contribution is -0.145. The molecule has 1 N–H and O–H groups in total. The van der Waals surface area contributed by atoms with Crippen molar-refractivity contribution in [2.45, 2.75) is 45.6 Å². The Kier molecular flexibility index (Phi) is 5.06. The quantitative estimate of drug-likeness (QED) is 0.662. The predicted molar refractivity (Wildman–Crippen MR) is 95.2 cm³/mol. The molecule has 2 atom stereocenters. The third-order valence-electron chi connectivity index (χ3n) is 5.12. The number of hydrogen-bond acceptors (Lipinski definition) is 4. The molecular formula is C19H23N3O4.